The van der Waals surface area contributed by atoms with E-state index in [2.05, 4.69) is 0 Å². The topological polar surface area (TPSA) is 38.9 Å². The smallest absolute Gasteiger partial charge is 0.160 e. The Morgan fingerprint density at radius 2 is 0.902 bits per heavy atom. The number of aromatic nitrogens is 2. The van der Waals surface area contributed by atoms with E-state index in [4.69, 9.17) is 21.2 Å². The number of rotatable bonds is 5. The number of benzene rings is 8. The van der Waals surface area contributed by atoms with Crippen LogP contribution < -0.4 is 0 Å². The van der Waals surface area contributed by atoms with Gasteiger partial charge in [-0.1, -0.05) is 170 Å². The molecule has 3 heteroatoms. The number of fused-ring (bicyclic) bond motifs is 5. The third-order valence-corrected chi connectivity index (χ3v) is 9.01. The van der Waals surface area contributed by atoms with Gasteiger partial charge in [-0.2, -0.15) is 0 Å². The van der Waals surface area contributed by atoms with Crippen molar-refractivity contribution in [3.05, 3.63) is 182 Å². The fraction of sp³-hybridized carbons (Fsp3) is 0. The van der Waals surface area contributed by atoms with E-state index in [9.17, 15) is 9.60 Å². The number of furan rings is 1. The molecule has 0 fully saturated rings. The van der Waals surface area contributed by atoms with Crippen LogP contribution in [0.2, 0.25) is 0 Å². The van der Waals surface area contributed by atoms with E-state index in [0.29, 0.717) is 33.2 Å². The van der Waals surface area contributed by atoms with Gasteiger partial charge in [0.05, 0.1) is 27.8 Å². The standard InChI is InChI=1S/C48H30N2O/c1-3-14-31(15-4-1)33-26-28-39(36-20-9-7-18-34(33)36)44-30-45(50-48(49-44)32-16-5-2-6-17-32)40-29-27-38(35-19-8-10-21-37(35)40)42-23-13-24-43-41-22-11-12-25-46(41)51-47(42)43/h1-30H/i7D,8D,9D,10D,18D,19D,20D,21D,26D,27D,28D,29D. The minimum absolute atomic E-state index is 0.00271. The van der Waals surface area contributed by atoms with E-state index in [-0.39, 0.29) is 73.1 Å². The molecule has 3 nitrogen and oxygen atoms in total. The summed E-state index contributed by atoms with van der Waals surface area (Å²) in [6.45, 7) is 0. The van der Waals surface area contributed by atoms with Crippen molar-refractivity contribution in [1.29, 1.82) is 0 Å². The number of nitrogens with zero attached hydrogens (tertiary/aromatic N) is 2. The summed E-state index contributed by atoms with van der Waals surface area (Å²) < 4.78 is 117. The molecule has 2 heterocycles. The summed E-state index contributed by atoms with van der Waals surface area (Å²) in [7, 11) is 0. The summed E-state index contributed by atoms with van der Waals surface area (Å²) >= 11 is 0. The summed E-state index contributed by atoms with van der Waals surface area (Å²) in [5.74, 6) is 0.0474. The van der Waals surface area contributed by atoms with Crippen molar-refractivity contribution in [2.24, 2.45) is 0 Å². The van der Waals surface area contributed by atoms with Gasteiger partial charge in [0.2, 0.25) is 0 Å². The molecule has 2 aromatic heterocycles. The maximum Gasteiger partial charge on any atom is 0.160 e. The molecule has 0 N–H and O–H groups in total. The molecule has 10 aromatic rings. The SMILES string of the molecule is [2H]c1c([2H])c([2H])c2c(-c3cc(-c4c([2H])c([2H])c(-c5cccc6c5oc5ccccc56)c5c([2H])c([2H])c([2H])c([2H])c45)nc(-c4ccccc4)n3)c([2H])c([2H])c(-c3ccccc3)c2c1[2H]. The summed E-state index contributed by atoms with van der Waals surface area (Å²) in [6, 6.07) is 25.9. The first-order chi connectivity index (χ1) is 30.3. The third kappa shape index (κ3) is 4.90. The molecule has 8 aromatic carbocycles. The van der Waals surface area contributed by atoms with E-state index >= 15 is 0 Å². The van der Waals surface area contributed by atoms with Crippen molar-refractivity contribution in [3.63, 3.8) is 0 Å². The molecule has 51 heavy (non-hydrogen) atoms. The van der Waals surface area contributed by atoms with Gasteiger partial charge < -0.3 is 4.42 Å². The van der Waals surface area contributed by atoms with Crippen LogP contribution >= 0.6 is 0 Å². The maximum absolute atomic E-state index is 9.71. The Morgan fingerprint density at radius 3 is 1.57 bits per heavy atom. The van der Waals surface area contributed by atoms with Gasteiger partial charge in [0.1, 0.15) is 11.2 Å². The van der Waals surface area contributed by atoms with Crippen LogP contribution in [-0.2, 0) is 0 Å². The van der Waals surface area contributed by atoms with Gasteiger partial charge in [0.25, 0.3) is 0 Å². The van der Waals surface area contributed by atoms with Crippen LogP contribution in [0.25, 0.3) is 99.6 Å². The molecule has 238 valence electrons. The van der Waals surface area contributed by atoms with Gasteiger partial charge in [-0.3, -0.25) is 0 Å². The van der Waals surface area contributed by atoms with Crippen LogP contribution in [0.15, 0.2) is 186 Å². The van der Waals surface area contributed by atoms with Crippen LogP contribution in [0, 0.1) is 0 Å². The van der Waals surface area contributed by atoms with E-state index in [1.807, 2.05) is 24.3 Å². The quantitative estimate of drug-likeness (QED) is 0.184. The van der Waals surface area contributed by atoms with Crippen molar-refractivity contribution < 1.29 is 20.9 Å². The maximum atomic E-state index is 9.71. The highest BCUT2D eigenvalue weighted by Gasteiger charge is 2.19. The van der Waals surface area contributed by atoms with E-state index in [1.54, 1.807) is 78.9 Å². The molecule has 0 atom stereocenters. The molecule has 0 spiro atoms. The zero-order valence-electron chi connectivity index (χ0n) is 38.7. The highest BCUT2D eigenvalue weighted by atomic mass is 16.3. The molecule has 0 amide bonds. The average molecular weight is 663 g/mol. The predicted octanol–water partition coefficient (Wildman–Crippen LogP) is 13.0. The summed E-state index contributed by atoms with van der Waals surface area (Å²) in [5, 5.41) is 1.29. The van der Waals surface area contributed by atoms with Crippen molar-refractivity contribution in [2.45, 2.75) is 0 Å². The average Bonchev–Trinajstić information content (AvgIpc) is 3.69. The van der Waals surface area contributed by atoms with Gasteiger partial charge in [-0.05, 0) is 50.4 Å². The number of hydrogen-bond donors (Lipinski definition) is 0. The van der Waals surface area contributed by atoms with Crippen molar-refractivity contribution in [2.75, 3.05) is 0 Å². The molecule has 0 radical (unpaired) electrons. The molecule has 0 aliphatic carbocycles. The zero-order valence-corrected chi connectivity index (χ0v) is 26.7. The normalized spacial score (nSPS) is 14.8. The van der Waals surface area contributed by atoms with Gasteiger partial charge in [-0.25, -0.2) is 9.97 Å². The van der Waals surface area contributed by atoms with Crippen molar-refractivity contribution >= 4 is 43.5 Å². The third-order valence-electron chi connectivity index (χ3n) is 9.01. The van der Waals surface area contributed by atoms with Gasteiger partial charge in [0.15, 0.2) is 5.82 Å². The minimum Gasteiger partial charge on any atom is -0.455 e. The Morgan fingerprint density at radius 1 is 0.392 bits per heavy atom. The minimum atomic E-state index is -0.581. The first kappa shape index (κ1) is 19.4. The molecule has 0 saturated heterocycles. The second kappa shape index (κ2) is 11.9. The van der Waals surface area contributed by atoms with Gasteiger partial charge in [0, 0.05) is 33.0 Å². The first-order valence-corrected chi connectivity index (χ1v) is 16.3. The van der Waals surface area contributed by atoms with Crippen LogP contribution in [0.1, 0.15) is 16.4 Å². The largest absolute Gasteiger partial charge is 0.455 e. The van der Waals surface area contributed by atoms with E-state index < -0.39 is 60.4 Å². The molecular weight excluding hydrogens is 621 g/mol. The molecule has 10 rings (SSSR count). The molecule has 0 aliphatic heterocycles. The monoisotopic (exact) mass is 662 g/mol. The van der Waals surface area contributed by atoms with E-state index in [1.165, 1.54) is 6.07 Å². The van der Waals surface area contributed by atoms with Crippen LogP contribution in [0.5, 0.6) is 0 Å². The lowest BCUT2D eigenvalue weighted by molar-refractivity contribution is 0.670. The number of para-hydroxylation sites is 2. The van der Waals surface area contributed by atoms with Gasteiger partial charge in [-0.15, -0.1) is 0 Å². The zero-order chi connectivity index (χ0) is 44.2. The molecular formula is C48H30N2O. The van der Waals surface area contributed by atoms with Crippen molar-refractivity contribution in [1.82, 2.24) is 9.97 Å². The molecule has 0 saturated carbocycles. The Hall–Kier alpha value is -6.84. The lowest BCUT2D eigenvalue weighted by Gasteiger charge is -2.15. The van der Waals surface area contributed by atoms with E-state index in [0.717, 1.165) is 5.39 Å². The Balaban J connectivity index is 1.36. The second-order valence-electron chi connectivity index (χ2n) is 12.0. The number of hydrogen-bond acceptors (Lipinski definition) is 3. The van der Waals surface area contributed by atoms with Crippen molar-refractivity contribution in [3.8, 4) is 56.2 Å². The summed E-state index contributed by atoms with van der Waals surface area (Å²) in [6.07, 6.45) is 0. The highest BCUT2D eigenvalue weighted by Crippen LogP contribution is 2.42. The van der Waals surface area contributed by atoms with Crippen LogP contribution in [0.4, 0.5) is 0 Å². The fourth-order valence-corrected chi connectivity index (χ4v) is 6.65. The summed E-state index contributed by atoms with van der Waals surface area (Å²) in [4.78, 5) is 9.74. The van der Waals surface area contributed by atoms with Crippen LogP contribution in [0.3, 0.4) is 0 Å². The second-order valence-corrected chi connectivity index (χ2v) is 12.0. The predicted molar refractivity (Wildman–Crippen MR) is 212 cm³/mol. The Kier molecular flexibility index (Phi) is 4.54. The lowest BCUT2D eigenvalue weighted by Crippen LogP contribution is -1.97. The fourth-order valence-electron chi connectivity index (χ4n) is 6.65. The Bertz CT molecular complexity index is 3600. The molecule has 0 unspecified atom stereocenters. The van der Waals surface area contributed by atoms with Crippen LogP contribution in [-0.4, -0.2) is 9.97 Å². The first-order valence-electron chi connectivity index (χ1n) is 22.3. The summed E-state index contributed by atoms with van der Waals surface area (Å²) in [5.41, 5.74) is 2.05. The Labute approximate surface area is 312 Å². The highest BCUT2D eigenvalue weighted by molar-refractivity contribution is 6.14. The lowest BCUT2D eigenvalue weighted by atomic mass is 9.91. The molecule has 0 bridgehead atoms. The van der Waals surface area contributed by atoms with Gasteiger partial charge >= 0.3 is 0 Å². The molecule has 0 aliphatic rings.